The molecule has 5 nitrogen and oxygen atoms in total. The molecule has 0 aliphatic heterocycles. The largest absolute Gasteiger partial charge is 0.460 e. The molecule has 2 aromatic carbocycles. The number of halogens is 5. The molecule has 1 N–H and O–H groups in total. The van der Waals surface area contributed by atoms with Crippen molar-refractivity contribution in [3.05, 3.63) is 63.6 Å². The van der Waals surface area contributed by atoms with Gasteiger partial charge in [0, 0.05) is 18.1 Å². The van der Waals surface area contributed by atoms with E-state index in [1.54, 1.807) is 46.8 Å². The molecule has 2 rings (SSSR count). The van der Waals surface area contributed by atoms with Crippen molar-refractivity contribution >= 4 is 40.8 Å². The third-order valence-corrected chi connectivity index (χ3v) is 6.41. The van der Waals surface area contributed by atoms with Crippen LogP contribution in [0.5, 0.6) is 0 Å². The van der Waals surface area contributed by atoms with Crippen molar-refractivity contribution in [1.29, 1.82) is 0 Å². The van der Waals surface area contributed by atoms with Gasteiger partial charge in [-0.05, 0) is 70.0 Å². The molecule has 0 spiro atoms. The van der Waals surface area contributed by atoms with Crippen molar-refractivity contribution in [1.82, 2.24) is 0 Å². The molecule has 2 atom stereocenters. The van der Waals surface area contributed by atoms with E-state index in [2.05, 4.69) is 5.32 Å². The molecule has 0 saturated carbocycles. The zero-order valence-corrected chi connectivity index (χ0v) is 23.1. The van der Waals surface area contributed by atoms with Crippen molar-refractivity contribution in [2.75, 3.05) is 12.4 Å². The number of hydrogen-bond donors (Lipinski definition) is 1. The van der Waals surface area contributed by atoms with Gasteiger partial charge in [-0.3, -0.25) is 9.59 Å². The molecule has 0 aliphatic rings. The Balaban J connectivity index is 2.42. The van der Waals surface area contributed by atoms with Gasteiger partial charge in [-0.1, -0.05) is 41.4 Å². The summed E-state index contributed by atoms with van der Waals surface area (Å²) in [6.07, 6.45) is -5.99. The first-order valence-electron chi connectivity index (χ1n) is 11.6. The van der Waals surface area contributed by atoms with E-state index < -0.39 is 47.5 Å². The van der Waals surface area contributed by atoms with Crippen molar-refractivity contribution < 1.29 is 32.2 Å². The van der Waals surface area contributed by atoms with Crippen LogP contribution in [0.25, 0.3) is 0 Å². The van der Waals surface area contributed by atoms with Crippen LogP contribution in [-0.4, -0.2) is 36.4 Å². The molecule has 10 heteroatoms. The molecule has 0 fully saturated rings. The van der Waals surface area contributed by atoms with Gasteiger partial charge in [0.1, 0.15) is 5.60 Å². The Kier molecular flexibility index (Phi) is 10.1. The van der Waals surface area contributed by atoms with Crippen LogP contribution in [0.2, 0.25) is 10.0 Å². The number of anilines is 1. The van der Waals surface area contributed by atoms with Crippen LogP contribution in [0.3, 0.4) is 0 Å². The molecule has 0 radical (unpaired) electrons. The maximum absolute atomic E-state index is 13.3. The first-order valence-corrected chi connectivity index (χ1v) is 12.4. The minimum absolute atomic E-state index is 0.0331. The first kappa shape index (κ1) is 30.9. The Morgan fingerprint density at radius 2 is 1.51 bits per heavy atom. The van der Waals surface area contributed by atoms with E-state index in [0.717, 1.165) is 0 Å². The molecule has 0 heterocycles. The number of carbonyl (C=O) groups excluding carboxylic acids is 2. The Morgan fingerprint density at radius 1 is 0.946 bits per heavy atom. The van der Waals surface area contributed by atoms with Gasteiger partial charge in [0.05, 0.1) is 35.1 Å². The van der Waals surface area contributed by atoms with Crippen LogP contribution in [-0.2, 0) is 19.1 Å². The summed E-state index contributed by atoms with van der Waals surface area (Å²) >= 11 is 12.2. The van der Waals surface area contributed by atoms with Gasteiger partial charge in [-0.15, -0.1) is 0 Å². The fourth-order valence-electron chi connectivity index (χ4n) is 3.82. The smallest absolute Gasteiger partial charge is 0.390 e. The van der Waals surface area contributed by atoms with Crippen molar-refractivity contribution in [2.24, 2.45) is 0 Å². The highest BCUT2D eigenvalue weighted by atomic mass is 35.5. The molecular weight excluding hydrogens is 530 g/mol. The summed E-state index contributed by atoms with van der Waals surface area (Å²) in [5.41, 5.74) is -0.640. The van der Waals surface area contributed by atoms with Crippen molar-refractivity contribution in [2.45, 2.75) is 76.7 Å². The predicted octanol–water partition coefficient (Wildman–Crippen LogP) is 7.91. The van der Waals surface area contributed by atoms with Gasteiger partial charge < -0.3 is 14.8 Å². The van der Waals surface area contributed by atoms with E-state index in [-0.39, 0.29) is 22.7 Å². The number of nitrogens with one attached hydrogen (secondary N) is 1. The fraction of sp³-hybridized carbons (Fsp3) is 0.481. The number of carbonyl (C=O) groups is 2. The van der Waals surface area contributed by atoms with Crippen LogP contribution >= 0.6 is 23.2 Å². The normalized spacial score (nSPS) is 14.1. The third-order valence-electron chi connectivity index (χ3n) is 5.83. The zero-order chi connectivity index (χ0) is 28.2. The monoisotopic (exact) mass is 561 g/mol. The lowest BCUT2D eigenvalue weighted by Crippen LogP contribution is -2.35. The number of methoxy groups -OCH3 is 1. The second-order valence-corrected chi connectivity index (χ2v) is 11.1. The zero-order valence-electron chi connectivity index (χ0n) is 21.6. The molecule has 2 aromatic rings. The topological polar surface area (TPSA) is 64.6 Å². The number of ether oxygens (including phenoxy) is 2. The number of esters is 1. The van der Waals surface area contributed by atoms with Crippen LogP contribution in [0.15, 0.2) is 42.5 Å². The summed E-state index contributed by atoms with van der Waals surface area (Å²) in [6, 6.07) is 10.4. The number of rotatable bonds is 9. The predicted molar refractivity (Wildman–Crippen MR) is 139 cm³/mol. The fourth-order valence-corrected chi connectivity index (χ4v) is 4.11. The average Bonchev–Trinajstić information content (AvgIpc) is 2.76. The van der Waals surface area contributed by atoms with E-state index in [1.807, 2.05) is 0 Å². The third kappa shape index (κ3) is 9.51. The van der Waals surface area contributed by atoms with Gasteiger partial charge in [0.15, 0.2) is 0 Å². The lowest BCUT2D eigenvalue weighted by Gasteiger charge is -2.34. The molecule has 1 amide bonds. The van der Waals surface area contributed by atoms with E-state index in [1.165, 1.54) is 37.4 Å². The Hall–Kier alpha value is -2.29. The summed E-state index contributed by atoms with van der Waals surface area (Å²) in [6.45, 7) is 8.88. The summed E-state index contributed by atoms with van der Waals surface area (Å²) in [7, 11) is 1.51. The summed E-state index contributed by atoms with van der Waals surface area (Å²) < 4.78 is 51.1. The van der Waals surface area contributed by atoms with E-state index in [9.17, 15) is 22.8 Å². The Labute approximate surface area is 225 Å². The standard InChI is InChI=1S/C27H32Cl2F3NO4/c1-25(2,3)37-23(34)14-20(26(4,5)36-6)17-9-12-21(29)22(13-17)33-24(35)19(15-27(30,31)32)16-7-10-18(28)11-8-16/h7-13,19-20H,14-15H2,1-6H3,(H,33,35)/t19-,20?/m0/s1. The van der Waals surface area contributed by atoms with Crippen molar-refractivity contribution in [3.63, 3.8) is 0 Å². The maximum atomic E-state index is 13.3. The molecular formula is C27H32Cl2F3NO4. The van der Waals surface area contributed by atoms with Crippen molar-refractivity contribution in [3.8, 4) is 0 Å². The molecule has 0 bridgehead atoms. The highest BCUT2D eigenvalue weighted by molar-refractivity contribution is 6.33. The van der Waals surface area contributed by atoms with E-state index in [4.69, 9.17) is 32.7 Å². The Morgan fingerprint density at radius 3 is 2.03 bits per heavy atom. The molecule has 1 unspecified atom stereocenters. The second-order valence-electron chi connectivity index (χ2n) is 10.3. The van der Waals surface area contributed by atoms with Gasteiger partial charge >= 0.3 is 12.1 Å². The summed E-state index contributed by atoms with van der Waals surface area (Å²) in [4.78, 5) is 25.7. The van der Waals surface area contributed by atoms with Crippen LogP contribution < -0.4 is 5.32 Å². The molecule has 37 heavy (non-hydrogen) atoms. The summed E-state index contributed by atoms with van der Waals surface area (Å²) in [5.74, 6) is -3.36. The highest BCUT2D eigenvalue weighted by Gasteiger charge is 2.37. The minimum Gasteiger partial charge on any atom is -0.460 e. The lowest BCUT2D eigenvalue weighted by molar-refractivity contribution is -0.157. The van der Waals surface area contributed by atoms with Gasteiger partial charge in [0.25, 0.3) is 0 Å². The van der Waals surface area contributed by atoms with Gasteiger partial charge in [-0.2, -0.15) is 13.2 Å². The number of hydrogen-bond acceptors (Lipinski definition) is 4. The molecule has 0 aromatic heterocycles. The van der Waals surface area contributed by atoms with Crippen LogP contribution in [0.4, 0.5) is 18.9 Å². The SMILES string of the molecule is COC(C)(C)C(CC(=O)OC(C)(C)C)c1ccc(Cl)c(NC(=O)[C@@H](CC(F)(F)F)c2ccc(Cl)cc2)c1. The molecule has 0 aliphatic carbocycles. The van der Waals surface area contributed by atoms with Crippen LogP contribution in [0, 0.1) is 0 Å². The Bertz CT molecular complexity index is 1100. The number of alkyl halides is 3. The van der Waals surface area contributed by atoms with E-state index >= 15 is 0 Å². The van der Waals surface area contributed by atoms with Gasteiger partial charge in [-0.25, -0.2) is 0 Å². The number of amides is 1. The quantitative estimate of drug-likeness (QED) is 0.316. The van der Waals surface area contributed by atoms with Gasteiger partial charge in [0.2, 0.25) is 5.91 Å². The highest BCUT2D eigenvalue weighted by Crippen LogP contribution is 2.38. The van der Waals surface area contributed by atoms with E-state index in [0.29, 0.717) is 10.6 Å². The minimum atomic E-state index is -4.59. The number of benzene rings is 2. The summed E-state index contributed by atoms with van der Waals surface area (Å²) in [5, 5.41) is 3.01. The average molecular weight is 562 g/mol. The lowest BCUT2D eigenvalue weighted by atomic mass is 9.81. The molecule has 204 valence electrons. The van der Waals surface area contributed by atoms with Crippen LogP contribution in [0.1, 0.15) is 70.4 Å². The first-order chi connectivity index (χ1) is 16.9. The molecule has 0 saturated heterocycles. The second kappa shape index (κ2) is 12.0. The maximum Gasteiger partial charge on any atom is 0.390 e.